The molecule has 5 N–H and O–H groups in total. The lowest BCUT2D eigenvalue weighted by atomic mass is 10.1. The number of esters is 1. The molecule has 2 aromatic heterocycles. The average molecular weight is 710 g/mol. The largest absolute Gasteiger partial charge is 0.508 e. The van der Waals surface area contributed by atoms with Gasteiger partial charge in [0.15, 0.2) is 11.5 Å². The van der Waals surface area contributed by atoms with Crippen LogP contribution in [0.25, 0.3) is 11.2 Å². The van der Waals surface area contributed by atoms with E-state index in [9.17, 15) is 33.2 Å². The van der Waals surface area contributed by atoms with E-state index in [1.165, 1.54) is 50.3 Å². The van der Waals surface area contributed by atoms with Gasteiger partial charge in [0.1, 0.15) is 30.5 Å². The van der Waals surface area contributed by atoms with Crippen molar-refractivity contribution in [2.24, 2.45) is 0 Å². The van der Waals surface area contributed by atoms with Gasteiger partial charge in [0, 0.05) is 6.42 Å². The molecule has 2 heterocycles. The van der Waals surface area contributed by atoms with Crippen LogP contribution in [-0.2, 0) is 54.6 Å². The number of ether oxygens (including phenoxy) is 2. The number of imidazole rings is 1. The number of aromatic nitrogens is 4. The number of hydrogen-bond donors (Lipinski definition) is 4. The highest BCUT2D eigenvalue weighted by Crippen LogP contribution is 2.67. The second kappa shape index (κ2) is 17.5. The number of nitrogen functional groups attached to an aromatic ring is 1. The Balaban J connectivity index is 1.38. The van der Waals surface area contributed by atoms with Gasteiger partial charge in [0.2, 0.25) is 0 Å². The summed E-state index contributed by atoms with van der Waals surface area (Å²) in [5.41, 5.74) is 6.88. The zero-order valence-electron chi connectivity index (χ0n) is 25.2. The zero-order chi connectivity index (χ0) is 33.8. The molecular formula is C25H38N5O13P3. The van der Waals surface area contributed by atoms with Crippen molar-refractivity contribution in [3.05, 3.63) is 42.5 Å². The Morgan fingerprint density at radius 3 is 2.37 bits per heavy atom. The number of anilines is 1. The van der Waals surface area contributed by atoms with Crippen LogP contribution in [0, 0.1) is 0 Å². The Morgan fingerprint density at radius 1 is 0.957 bits per heavy atom. The molecule has 1 aromatic carbocycles. The van der Waals surface area contributed by atoms with Crippen LogP contribution in [0.4, 0.5) is 5.82 Å². The summed E-state index contributed by atoms with van der Waals surface area (Å²) in [7, 11) is -16.1. The summed E-state index contributed by atoms with van der Waals surface area (Å²) in [6.07, 6.45) is 7.33. The standard InChI is InChI=1S/C25H38N5O13P3/c1-3-4-5-6-7-8-9-22(31)40-21-12-10-20(11-13-21)15-39-41-45(34,35)43-46(36,37)42-44(32,33)18-38-19(2)14-30-17-29-23-24(26)27-16-28-25(23)30/h10-13,16-17,19H,3-9,14-15,18H2,1-2H3,(H,32,33)(H,34,35)(H,36,37)(H2,26,27,28)/t19-/m1/s1. The number of unbranched alkanes of at least 4 members (excludes halogenated alkanes) is 5. The van der Waals surface area contributed by atoms with Crippen molar-refractivity contribution in [1.82, 2.24) is 19.5 Å². The van der Waals surface area contributed by atoms with E-state index in [1.807, 2.05) is 0 Å². The number of rotatable bonds is 21. The van der Waals surface area contributed by atoms with Gasteiger partial charge < -0.3 is 34.5 Å². The van der Waals surface area contributed by atoms with Gasteiger partial charge in [-0.15, -0.1) is 4.67 Å². The molecule has 4 atom stereocenters. The van der Waals surface area contributed by atoms with Gasteiger partial charge >= 0.3 is 29.2 Å². The second-order valence-electron chi connectivity index (χ2n) is 10.1. The lowest BCUT2D eigenvalue weighted by molar-refractivity contribution is -0.231. The van der Waals surface area contributed by atoms with E-state index in [0.29, 0.717) is 23.1 Å². The first-order chi connectivity index (χ1) is 21.7. The Kier molecular flexibility index (Phi) is 14.4. The molecule has 0 amide bonds. The monoisotopic (exact) mass is 709 g/mol. The van der Waals surface area contributed by atoms with Crippen LogP contribution >= 0.6 is 23.2 Å². The number of nitrogens with zero attached hydrogens (tertiary/aromatic N) is 4. The highest BCUT2D eigenvalue weighted by molar-refractivity contribution is 7.68. The van der Waals surface area contributed by atoms with Crippen molar-refractivity contribution in [2.75, 3.05) is 12.1 Å². The number of hydrogen-bond acceptors (Lipinski definition) is 14. The predicted molar refractivity (Wildman–Crippen MR) is 163 cm³/mol. The van der Waals surface area contributed by atoms with Gasteiger partial charge in [-0.3, -0.25) is 9.36 Å². The summed E-state index contributed by atoms with van der Waals surface area (Å²) in [6.45, 7) is 3.32. The predicted octanol–water partition coefficient (Wildman–Crippen LogP) is 4.99. The molecule has 3 aromatic rings. The second-order valence-corrected chi connectivity index (χ2v) is 15.0. The normalized spacial score (nSPS) is 16.4. The first-order valence-electron chi connectivity index (χ1n) is 14.2. The Hall–Kier alpha value is -2.59. The molecule has 3 unspecified atom stereocenters. The molecule has 0 aliphatic carbocycles. The third kappa shape index (κ3) is 13.3. The average Bonchev–Trinajstić information content (AvgIpc) is 3.37. The quantitative estimate of drug-likeness (QED) is 0.0283. The Morgan fingerprint density at radius 2 is 1.65 bits per heavy atom. The zero-order valence-corrected chi connectivity index (χ0v) is 27.9. The van der Waals surface area contributed by atoms with Crippen LogP contribution in [0.2, 0.25) is 0 Å². The Labute approximate surface area is 264 Å². The molecule has 0 saturated carbocycles. The molecule has 0 saturated heterocycles. The Bertz CT molecular complexity index is 1570. The molecule has 18 nitrogen and oxygen atoms in total. The van der Waals surface area contributed by atoms with E-state index in [0.717, 1.165) is 32.1 Å². The maximum atomic E-state index is 12.3. The van der Waals surface area contributed by atoms with Crippen LogP contribution in [0.15, 0.2) is 36.9 Å². The minimum absolute atomic E-state index is 0.0877. The summed E-state index contributed by atoms with van der Waals surface area (Å²) in [6, 6.07) is 5.93. The number of benzene rings is 1. The molecule has 21 heteroatoms. The number of carbonyl (C=O) groups excluding carboxylic acids is 1. The third-order valence-electron chi connectivity index (χ3n) is 6.10. The minimum atomic E-state index is -5.64. The van der Waals surface area contributed by atoms with Crippen LogP contribution in [0.5, 0.6) is 5.75 Å². The van der Waals surface area contributed by atoms with E-state index in [4.69, 9.17) is 15.2 Å². The highest BCUT2D eigenvalue weighted by Gasteiger charge is 2.42. The van der Waals surface area contributed by atoms with Crippen LogP contribution in [0.1, 0.15) is 64.4 Å². The minimum Gasteiger partial charge on any atom is -0.427 e. The molecule has 0 bridgehead atoms. The van der Waals surface area contributed by atoms with E-state index in [-0.39, 0.29) is 24.1 Å². The van der Waals surface area contributed by atoms with Gasteiger partial charge in [0.25, 0.3) is 0 Å². The van der Waals surface area contributed by atoms with Gasteiger partial charge in [-0.2, -0.15) is 4.31 Å². The lowest BCUT2D eigenvalue weighted by Crippen LogP contribution is -2.17. The van der Waals surface area contributed by atoms with Gasteiger partial charge in [-0.25, -0.2) is 33.3 Å². The van der Waals surface area contributed by atoms with E-state index in [2.05, 4.69) is 40.1 Å². The van der Waals surface area contributed by atoms with Crippen molar-refractivity contribution in [1.29, 1.82) is 0 Å². The summed E-state index contributed by atoms with van der Waals surface area (Å²) in [5, 5.41) is 0. The maximum Gasteiger partial charge on any atom is 0.508 e. The fourth-order valence-corrected chi connectivity index (χ4v) is 7.62. The first kappa shape index (κ1) is 37.9. The molecule has 3 rings (SSSR count). The van der Waals surface area contributed by atoms with Crippen molar-refractivity contribution in [3.8, 4) is 5.75 Å². The van der Waals surface area contributed by atoms with Crippen LogP contribution < -0.4 is 10.5 Å². The topological polar surface area (TPSA) is 254 Å². The lowest BCUT2D eigenvalue weighted by Gasteiger charge is -2.20. The SMILES string of the molecule is CCCCCCCCC(=O)Oc1ccc(COOP(=O)(O)OP(=O)(O)OP(=O)(O)CO[C@H](C)Cn2cnc3c(N)ncnc32)cc1. The molecule has 0 spiro atoms. The summed E-state index contributed by atoms with van der Waals surface area (Å²) in [4.78, 5) is 58.1. The molecule has 256 valence electrons. The molecule has 0 radical (unpaired) electrons. The third-order valence-corrected chi connectivity index (χ3v) is 10.4. The summed E-state index contributed by atoms with van der Waals surface area (Å²) in [5.74, 6) is 0.0823. The van der Waals surface area contributed by atoms with Crippen molar-refractivity contribution in [2.45, 2.75) is 78.0 Å². The fraction of sp³-hybridized carbons (Fsp3) is 0.520. The van der Waals surface area contributed by atoms with Gasteiger partial charge in [-0.1, -0.05) is 51.2 Å². The van der Waals surface area contributed by atoms with Gasteiger partial charge in [0.05, 0.1) is 19.0 Å². The van der Waals surface area contributed by atoms with Crippen molar-refractivity contribution in [3.63, 3.8) is 0 Å². The molecule has 0 aliphatic rings. The molecule has 46 heavy (non-hydrogen) atoms. The van der Waals surface area contributed by atoms with Crippen molar-refractivity contribution < 1.29 is 60.8 Å². The summed E-state index contributed by atoms with van der Waals surface area (Å²) < 4.78 is 61.1. The number of carbonyl (C=O) groups is 1. The van der Waals surface area contributed by atoms with E-state index in [1.54, 1.807) is 4.57 Å². The summed E-state index contributed by atoms with van der Waals surface area (Å²) >= 11 is 0. The molecular weight excluding hydrogens is 671 g/mol. The van der Waals surface area contributed by atoms with Crippen molar-refractivity contribution >= 4 is 46.2 Å². The fourth-order valence-electron chi connectivity index (χ4n) is 3.97. The van der Waals surface area contributed by atoms with E-state index < -0.39 is 42.3 Å². The van der Waals surface area contributed by atoms with Gasteiger partial charge in [-0.05, 0) is 31.0 Å². The van der Waals surface area contributed by atoms with Crippen LogP contribution in [0.3, 0.4) is 0 Å². The highest BCUT2D eigenvalue weighted by atomic mass is 31.3. The molecule has 0 fully saturated rings. The number of phosphoric acid groups is 2. The number of fused-ring (bicyclic) bond motifs is 1. The smallest absolute Gasteiger partial charge is 0.427 e. The molecule has 0 aliphatic heterocycles. The van der Waals surface area contributed by atoms with Crippen LogP contribution in [-0.4, -0.2) is 52.6 Å². The maximum absolute atomic E-state index is 12.3. The number of nitrogens with two attached hydrogens (primary N) is 1. The first-order valence-corrected chi connectivity index (χ1v) is 19.0. The van der Waals surface area contributed by atoms with E-state index >= 15 is 0 Å².